The van der Waals surface area contributed by atoms with Gasteiger partial charge in [0.1, 0.15) is 0 Å². The van der Waals surface area contributed by atoms with Crippen molar-refractivity contribution in [2.75, 3.05) is 26.2 Å². The van der Waals surface area contributed by atoms with Crippen LogP contribution in [0.4, 0.5) is 0 Å². The molecule has 13 heavy (non-hydrogen) atoms. The van der Waals surface area contributed by atoms with Crippen LogP contribution < -0.4 is 5.32 Å². The van der Waals surface area contributed by atoms with Crippen LogP contribution in [0.1, 0.15) is 25.7 Å². The molecule has 0 spiro atoms. The molecule has 2 saturated carbocycles. The van der Waals surface area contributed by atoms with E-state index in [-0.39, 0.29) is 0 Å². The van der Waals surface area contributed by atoms with Crippen molar-refractivity contribution in [2.24, 2.45) is 11.8 Å². The first kappa shape index (κ1) is 8.25. The molecule has 3 fully saturated rings. The molecule has 1 unspecified atom stereocenters. The van der Waals surface area contributed by atoms with Crippen LogP contribution in [0.15, 0.2) is 0 Å². The highest BCUT2D eigenvalue weighted by Gasteiger charge is 2.35. The molecule has 1 heterocycles. The second kappa shape index (κ2) is 3.25. The molecule has 0 aromatic rings. The summed E-state index contributed by atoms with van der Waals surface area (Å²) in [6, 6.07) is 0.840. The third-order valence-corrected chi connectivity index (χ3v) is 3.69. The summed E-state index contributed by atoms with van der Waals surface area (Å²) in [5.74, 6) is 2.10. The third kappa shape index (κ3) is 2.05. The van der Waals surface area contributed by atoms with E-state index in [0.717, 1.165) is 17.9 Å². The van der Waals surface area contributed by atoms with Crippen molar-refractivity contribution < 1.29 is 0 Å². The lowest BCUT2D eigenvalue weighted by Crippen LogP contribution is -2.52. The van der Waals surface area contributed by atoms with E-state index >= 15 is 0 Å². The van der Waals surface area contributed by atoms with Crippen molar-refractivity contribution in [2.45, 2.75) is 31.7 Å². The zero-order valence-electron chi connectivity index (χ0n) is 8.34. The van der Waals surface area contributed by atoms with Gasteiger partial charge in [-0.25, -0.2) is 0 Å². The molecular weight excluding hydrogens is 160 g/mol. The van der Waals surface area contributed by atoms with Crippen LogP contribution in [0, 0.1) is 11.8 Å². The van der Waals surface area contributed by atoms with Gasteiger partial charge < -0.3 is 10.2 Å². The molecule has 1 N–H and O–H groups in total. The molecule has 0 radical (unpaired) electrons. The Morgan fingerprint density at radius 2 is 2.00 bits per heavy atom. The number of hydrogen-bond acceptors (Lipinski definition) is 2. The Morgan fingerprint density at radius 1 is 1.15 bits per heavy atom. The van der Waals surface area contributed by atoms with Crippen LogP contribution in [-0.2, 0) is 0 Å². The van der Waals surface area contributed by atoms with Crippen LogP contribution >= 0.6 is 0 Å². The van der Waals surface area contributed by atoms with Crippen LogP contribution in [0.2, 0.25) is 0 Å². The maximum absolute atomic E-state index is 3.66. The average Bonchev–Trinajstić information content (AvgIpc) is 3.00. The number of nitrogens with one attached hydrogen (secondary N) is 1. The number of nitrogens with zero attached hydrogens (tertiary/aromatic N) is 1. The van der Waals surface area contributed by atoms with E-state index < -0.39 is 0 Å². The summed E-state index contributed by atoms with van der Waals surface area (Å²) in [5, 5.41) is 3.66. The molecule has 3 aliphatic rings. The standard InChI is InChI=1S/C11H20N2/c1-2-9(1)7-13-6-5-12-11(8-13)10-3-4-10/h9-12H,1-8H2. The lowest BCUT2D eigenvalue weighted by molar-refractivity contribution is 0.182. The van der Waals surface area contributed by atoms with Crippen molar-refractivity contribution in [1.29, 1.82) is 0 Å². The van der Waals surface area contributed by atoms with Crippen molar-refractivity contribution >= 4 is 0 Å². The van der Waals surface area contributed by atoms with E-state index in [1.165, 1.54) is 51.9 Å². The summed E-state index contributed by atoms with van der Waals surface area (Å²) in [5.41, 5.74) is 0. The lowest BCUT2D eigenvalue weighted by atomic mass is 10.1. The second-order valence-electron chi connectivity index (χ2n) is 5.10. The number of piperazine rings is 1. The highest BCUT2D eigenvalue weighted by molar-refractivity contribution is 4.92. The van der Waals surface area contributed by atoms with E-state index in [1.54, 1.807) is 0 Å². The zero-order valence-corrected chi connectivity index (χ0v) is 8.34. The number of rotatable bonds is 3. The van der Waals surface area contributed by atoms with Gasteiger partial charge in [0.2, 0.25) is 0 Å². The van der Waals surface area contributed by atoms with Crippen LogP contribution in [-0.4, -0.2) is 37.1 Å². The molecule has 3 rings (SSSR count). The van der Waals surface area contributed by atoms with Crippen LogP contribution in [0.5, 0.6) is 0 Å². The Hall–Kier alpha value is -0.0800. The highest BCUT2D eigenvalue weighted by atomic mass is 15.2. The average molecular weight is 180 g/mol. The first-order valence-electron chi connectivity index (χ1n) is 5.87. The molecule has 1 atom stereocenters. The Morgan fingerprint density at radius 3 is 2.69 bits per heavy atom. The molecule has 2 nitrogen and oxygen atoms in total. The largest absolute Gasteiger partial charge is 0.311 e. The molecule has 1 aliphatic heterocycles. The summed E-state index contributed by atoms with van der Waals surface area (Å²) in [6.45, 7) is 5.25. The first-order chi connectivity index (χ1) is 6.42. The lowest BCUT2D eigenvalue weighted by Gasteiger charge is -2.33. The quantitative estimate of drug-likeness (QED) is 0.699. The van der Waals surface area contributed by atoms with Gasteiger partial charge in [0.15, 0.2) is 0 Å². The summed E-state index contributed by atoms with van der Waals surface area (Å²) >= 11 is 0. The predicted molar refractivity (Wildman–Crippen MR) is 53.7 cm³/mol. The van der Waals surface area contributed by atoms with Crippen molar-refractivity contribution in [3.8, 4) is 0 Å². The maximum Gasteiger partial charge on any atom is 0.0223 e. The topological polar surface area (TPSA) is 15.3 Å². The highest BCUT2D eigenvalue weighted by Crippen LogP contribution is 2.35. The minimum atomic E-state index is 0.840. The van der Waals surface area contributed by atoms with E-state index in [2.05, 4.69) is 10.2 Å². The predicted octanol–water partition coefficient (Wildman–Crippen LogP) is 1.08. The molecule has 1 saturated heterocycles. The summed E-state index contributed by atoms with van der Waals surface area (Å²) in [4.78, 5) is 2.69. The maximum atomic E-state index is 3.66. The second-order valence-corrected chi connectivity index (χ2v) is 5.10. The minimum Gasteiger partial charge on any atom is -0.311 e. The van der Waals surface area contributed by atoms with Gasteiger partial charge in [-0.15, -0.1) is 0 Å². The first-order valence-corrected chi connectivity index (χ1v) is 5.87. The Balaban J connectivity index is 1.50. The van der Waals surface area contributed by atoms with E-state index in [1.807, 2.05) is 0 Å². The SMILES string of the molecule is C1CN(CC2CC2)CC(C2CC2)N1. The fourth-order valence-electron chi connectivity index (χ4n) is 2.49. The van der Waals surface area contributed by atoms with Crippen LogP contribution in [0.3, 0.4) is 0 Å². The van der Waals surface area contributed by atoms with E-state index in [4.69, 9.17) is 0 Å². The van der Waals surface area contributed by atoms with Gasteiger partial charge in [-0.3, -0.25) is 0 Å². The molecule has 0 aromatic heterocycles. The molecule has 2 aliphatic carbocycles. The monoisotopic (exact) mass is 180 g/mol. The van der Waals surface area contributed by atoms with E-state index in [9.17, 15) is 0 Å². The van der Waals surface area contributed by atoms with E-state index in [0.29, 0.717) is 0 Å². The molecule has 0 amide bonds. The van der Waals surface area contributed by atoms with Gasteiger partial charge in [0.05, 0.1) is 0 Å². The molecule has 2 heteroatoms. The fraction of sp³-hybridized carbons (Fsp3) is 1.00. The molecule has 0 bridgehead atoms. The zero-order chi connectivity index (χ0) is 8.67. The third-order valence-electron chi connectivity index (χ3n) is 3.69. The Bertz CT molecular complexity index is 185. The smallest absolute Gasteiger partial charge is 0.0223 e. The summed E-state index contributed by atoms with van der Waals surface area (Å²) < 4.78 is 0. The molecule has 0 aromatic carbocycles. The van der Waals surface area contributed by atoms with Gasteiger partial charge in [-0.1, -0.05) is 0 Å². The van der Waals surface area contributed by atoms with Crippen molar-refractivity contribution in [1.82, 2.24) is 10.2 Å². The molecule has 74 valence electrons. The van der Waals surface area contributed by atoms with Gasteiger partial charge in [-0.2, -0.15) is 0 Å². The minimum absolute atomic E-state index is 0.840. The Labute approximate surface area is 80.7 Å². The number of hydrogen-bond donors (Lipinski definition) is 1. The fourth-order valence-corrected chi connectivity index (χ4v) is 2.49. The van der Waals surface area contributed by atoms with Crippen molar-refractivity contribution in [3.63, 3.8) is 0 Å². The van der Waals surface area contributed by atoms with Crippen LogP contribution in [0.25, 0.3) is 0 Å². The van der Waals surface area contributed by atoms with Crippen molar-refractivity contribution in [3.05, 3.63) is 0 Å². The van der Waals surface area contributed by atoms with Gasteiger partial charge in [0.25, 0.3) is 0 Å². The summed E-state index contributed by atoms with van der Waals surface area (Å²) in [6.07, 6.45) is 5.96. The van der Waals surface area contributed by atoms with Gasteiger partial charge in [0, 0.05) is 32.2 Å². The van der Waals surface area contributed by atoms with Gasteiger partial charge in [-0.05, 0) is 37.5 Å². The molecular formula is C11H20N2. The summed E-state index contributed by atoms with van der Waals surface area (Å²) in [7, 11) is 0. The van der Waals surface area contributed by atoms with Gasteiger partial charge >= 0.3 is 0 Å². The normalized spacial score (nSPS) is 36.5. The Kier molecular flexibility index (Phi) is 2.06.